The Balaban J connectivity index is 2.16. The van der Waals surface area contributed by atoms with Gasteiger partial charge in [0.1, 0.15) is 0 Å². The van der Waals surface area contributed by atoms with Crippen LogP contribution in [0.2, 0.25) is 5.02 Å². The fourth-order valence-electron chi connectivity index (χ4n) is 1.72. The van der Waals surface area contributed by atoms with Gasteiger partial charge in [-0.2, -0.15) is 0 Å². The third kappa shape index (κ3) is 3.42. The fraction of sp³-hybridized carbons (Fsp3) is 0.0667. The Hall–Kier alpha value is -2.13. The second-order valence-corrected chi connectivity index (χ2v) is 4.55. The van der Waals surface area contributed by atoms with E-state index in [0.717, 1.165) is 11.1 Å². The lowest BCUT2D eigenvalue weighted by molar-refractivity contribution is -0.148. The van der Waals surface area contributed by atoms with Gasteiger partial charge in [-0.3, -0.25) is 4.79 Å². The van der Waals surface area contributed by atoms with E-state index < -0.39 is 11.8 Å². The molecule has 0 amide bonds. The number of ketones is 1. The van der Waals surface area contributed by atoms with E-state index in [2.05, 4.69) is 0 Å². The maximum Gasteiger partial charge on any atom is 0.372 e. The molecule has 0 bridgehead atoms. The maximum absolute atomic E-state index is 11.1. The molecule has 1 N–H and O–H groups in total. The first-order valence-electron chi connectivity index (χ1n) is 5.67. The van der Waals surface area contributed by atoms with Crippen LogP contribution in [0.15, 0.2) is 48.5 Å². The van der Waals surface area contributed by atoms with E-state index in [1.54, 1.807) is 24.3 Å². The minimum atomic E-state index is -1.40. The van der Waals surface area contributed by atoms with Gasteiger partial charge in [0, 0.05) is 11.4 Å². The van der Waals surface area contributed by atoms with E-state index >= 15 is 0 Å². The van der Waals surface area contributed by atoms with Gasteiger partial charge >= 0.3 is 5.97 Å². The van der Waals surface area contributed by atoms with Crippen molar-refractivity contribution in [2.24, 2.45) is 0 Å². The summed E-state index contributed by atoms with van der Waals surface area (Å²) in [6.45, 7) is 0. The van der Waals surface area contributed by atoms with Crippen molar-refractivity contribution in [1.29, 1.82) is 0 Å². The van der Waals surface area contributed by atoms with Crippen LogP contribution in [0.3, 0.4) is 0 Å². The van der Waals surface area contributed by atoms with Crippen LogP contribution in [-0.2, 0) is 16.0 Å². The standard InChI is InChI=1S/C15H11ClO3/c16-13-7-5-12(6-8-13)11-3-1-10(2-4-11)9-14(17)15(18)19/h1-8H,9H2,(H,18,19). The second kappa shape index (κ2) is 5.67. The summed E-state index contributed by atoms with van der Waals surface area (Å²) in [5, 5.41) is 9.21. The van der Waals surface area contributed by atoms with Crippen molar-refractivity contribution in [3.05, 3.63) is 59.1 Å². The summed E-state index contributed by atoms with van der Waals surface area (Å²) >= 11 is 5.82. The first kappa shape index (κ1) is 13.3. The van der Waals surface area contributed by atoms with Gasteiger partial charge in [0.2, 0.25) is 5.78 Å². The molecular formula is C15H11ClO3. The zero-order valence-electron chi connectivity index (χ0n) is 9.97. The lowest BCUT2D eigenvalue weighted by Gasteiger charge is -2.03. The van der Waals surface area contributed by atoms with E-state index in [4.69, 9.17) is 16.7 Å². The molecule has 0 radical (unpaired) electrons. The number of carboxylic acid groups (broad SMARTS) is 1. The van der Waals surface area contributed by atoms with Crippen LogP contribution in [0.4, 0.5) is 0 Å². The molecule has 96 valence electrons. The number of aliphatic carboxylic acids is 1. The molecule has 0 aliphatic heterocycles. The predicted octanol–water partition coefficient (Wildman–Crippen LogP) is 3.20. The third-order valence-corrected chi connectivity index (χ3v) is 2.99. The SMILES string of the molecule is O=C(O)C(=O)Cc1ccc(-c2ccc(Cl)cc2)cc1. The normalized spacial score (nSPS) is 10.2. The second-order valence-electron chi connectivity index (χ2n) is 4.11. The van der Waals surface area contributed by atoms with Gasteiger partial charge in [-0.1, -0.05) is 48.0 Å². The molecule has 0 saturated carbocycles. The van der Waals surface area contributed by atoms with E-state index in [1.165, 1.54) is 0 Å². The molecule has 19 heavy (non-hydrogen) atoms. The fourth-order valence-corrected chi connectivity index (χ4v) is 1.84. The topological polar surface area (TPSA) is 54.4 Å². The lowest BCUT2D eigenvalue weighted by Crippen LogP contribution is -2.14. The molecule has 3 nitrogen and oxygen atoms in total. The Labute approximate surface area is 115 Å². The van der Waals surface area contributed by atoms with Gasteiger partial charge in [0.15, 0.2) is 0 Å². The number of carboxylic acids is 1. The third-order valence-electron chi connectivity index (χ3n) is 2.73. The molecule has 0 saturated heterocycles. The summed E-state index contributed by atoms with van der Waals surface area (Å²) in [6.07, 6.45) is -0.0871. The molecule has 4 heteroatoms. The number of hydrogen-bond donors (Lipinski definition) is 1. The number of carbonyl (C=O) groups is 2. The average Bonchev–Trinajstić information content (AvgIpc) is 2.40. The maximum atomic E-state index is 11.1. The van der Waals surface area contributed by atoms with E-state index in [1.807, 2.05) is 24.3 Å². The molecular weight excluding hydrogens is 264 g/mol. The van der Waals surface area contributed by atoms with Gasteiger partial charge < -0.3 is 5.11 Å². The Bertz CT molecular complexity index is 600. The largest absolute Gasteiger partial charge is 0.475 e. The summed E-state index contributed by atoms with van der Waals surface area (Å²) in [7, 11) is 0. The highest BCUT2D eigenvalue weighted by atomic mass is 35.5. The number of benzene rings is 2. The first-order valence-corrected chi connectivity index (χ1v) is 6.05. The highest BCUT2D eigenvalue weighted by molar-refractivity contribution is 6.33. The van der Waals surface area contributed by atoms with Crippen molar-refractivity contribution in [3.8, 4) is 11.1 Å². The Morgan fingerprint density at radius 2 is 1.37 bits per heavy atom. The van der Waals surface area contributed by atoms with E-state index in [0.29, 0.717) is 10.6 Å². The molecule has 0 aliphatic rings. The number of carbonyl (C=O) groups excluding carboxylic acids is 1. The van der Waals surface area contributed by atoms with Crippen LogP contribution in [0.5, 0.6) is 0 Å². The Morgan fingerprint density at radius 1 is 0.895 bits per heavy atom. The quantitative estimate of drug-likeness (QED) is 0.871. The Kier molecular flexibility index (Phi) is 3.97. The van der Waals surface area contributed by atoms with Crippen molar-refractivity contribution < 1.29 is 14.7 Å². The molecule has 2 rings (SSSR count). The minimum Gasteiger partial charge on any atom is -0.475 e. The minimum absolute atomic E-state index is 0.0871. The number of halogens is 1. The number of hydrogen-bond acceptors (Lipinski definition) is 2. The molecule has 2 aromatic rings. The number of rotatable bonds is 4. The zero-order chi connectivity index (χ0) is 13.8. The van der Waals surface area contributed by atoms with Crippen LogP contribution in [0, 0.1) is 0 Å². The smallest absolute Gasteiger partial charge is 0.372 e. The van der Waals surface area contributed by atoms with Gasteiger partial charge in [0.25, 0.3) is 0 Å². The molecule has 2 aromatic carbocycles. The van der Waals surface area contributed by atoms with Crippen LogP contribution in [-0.4, -0.2) is 16.9 Å². The van der Waals surface area contributed by atoms with Gasteiger partial charge in [-0.05, 0) is 28.8 Å². The van der Waals surface area contributed by atoms with Crippen LogP contribution < -0.4 is 0 Å². The molecule has 0 heterocycles. The first-order chi connectivity index (χ1) is 9.06. The molecule has 0 unspecified atom stereocenters. The van der Waals surface area contributed by atoms with Crippen molar-refractivity contribution in [2.75, 3.05) is 0 Å². The molecule has 0 atom stereocenters. The van der Waals surface area contributed by atoms with E-state index in [9.17, 15) is 9.59 Å². The van der Waals surface area contributed by atoms with Crippen LogP contribution in [0.1, 0.15) is 5.56 Å². The highest BCUT2D eigenvalue weighted by Crippen LogP contribution is 2.22. The van der Waals surface area contributed by atoms with Gasteiger partial charge in [-0.15, -0.1) is 0 Å². The van der Waals surface area contributed by atoms with Crippen molar-refractivity contribution in [2.45, 2.75) is 6.42 Å². The van der Waals surface area contributed by atoms with Crippen molar-refractivity contribution in [3.63, 3.8) is 0 Å². The predicted molar refractivity (Wildman–Crippen MR) is 73.2 cm³/mol. The zero-order valence-corrected chi connectivity index (χ0v) is 10.7. The van der Waals surface area contributed by atoms with Crippen LogP contribution >= 0.6 is 11.6 Å². The van der Waals surface area contributed by atoms with Crippen molar-refractivity contribution in [1.82, 2.24) is 0 Å². The van der Waals surface area contributed by atoms with Gasteiger partial charge in [-0.25, -0.2) is 4.79 Å². The molecule has 0 aromatic heterocycles. The lowest BCUT2D eigenvalue weighted by atomic mass is 10.0. The Morgan fingerprint density at radius 3 is 1.84 bits per heavy atom. The molecule has 0 spiro atoms. The molecule has 0 fully saturated rings. The summed E-state index contributed by atoms with van der Waals surface area (Å²) in [6, 6.07) is 14.6. The highest BCUT2D eigenvalue weighted by Gasteiger charge is 2.11. The van der Waals surface area contributed by atoms with Crippen LogP contribution in [0.25, 0.3) is 11.1 Å². The summed E-state index contributed by atoms with van der Waals surface area (Å²) in [5.41, 5.74) is 2.69. The van der Waals surface area contributed by atoms with E-state index in [-0.39, 0.29) is 6.42 Å². The van der Waals surface area contributed by atoms with Crippen molar-refractivity contribution >= 4 is 23.4 Å². The summed E-state index contributed by atoms with van der Waals surface area (Å²) in [4.78, 5) is 21.6. The van der Waals surface area contributed by atoms with Gasteiger partial charge in [0.05, 0.1) is 0 Å². The summed E-state index contributed by atoms with van der Waals surface area (Å²) < 4.78 is 0. The molecule has 0 aliphatic carbocycles. The average molecular weight is 275 g/mol. The monoisotopic (exact) mass is 274 g/mol. The summed E-state index contributed by atoms with van der Waals surface area (Å²) in [5.74, 6) is -2.21. The number of Topliss-reactive ketones (excluding diaryl/α,β-unsaturated/α-hetero) is 1.